The fourth-order valence-electron chi connectivity index (χ4n) is 3.93. The average Bonchev–Trinajstić information content (AvgIpc) is 3.21. The largest absolute Gasteiger partial charge is 0.496 e. The summed E-state index contributed by atoms with van der Waals surface area (Å²) in [6, 6.07) is 14.4. The molecule has 4 rings (SSSR count). The van der Waals surface area contributed by atoms with Gasteiger partial charge in [-0.25, -0.2) is 0 Å². The number of rotatable bonds is 5. The maximum Gasteiger partial charge on any atom is 0.137 e. The fraction of sp³-hybridized carbons (Fsp3) is 0.381. The van der Waals surface area contributed by atoms with Crippen molar-refractivity contribution in [2.24, 2.45) is 5.92 Å². The van der Waals surface area contributed by atoms with Crippen LogP contribution < -0.4 is 4.74 Å². The molecule has 5 nitrogen and oxygen atoms in total. The third kappa shape index (κ3) is 3.32. The molecule has 1 aliphatic rings. The zero-order valence-electron chi connectivity index (χ0n) is 15.2. The Hall–Kier alpha value is -2.37. The molecule has 2 heterocycles. The van der Waals surface area contributed by atoms with E-state index in [4.69, 9.17) is 9.26 Å². The molecule has 0 saturated carbocycles. The summed E-state index contributed by atoms with van der Waals surface area (Å²) in [4.78, 5) is 2.31. The number of β-amino-alcohol motifs (C(OH)–C–C–N with tert-alkyl or cyclic N) is 1. The lowest BCUT2D eigenvalue weighted by Gasteiger charge is -2.18. The predicted molar refractivity (Wildman–Crippen MR) is 100 cm³/mol. The second kappa shape index (κ2) is 7.09. The SMILES string of the molecule is COc1ccc(CN2C[C@@H](Cc3cc(C)no3)[C@@H](O)C2)c2ccccc12. The predicted octanol–water partition coefficient (Wildman–Crippen LogP) is 3.18. The lowest BCUT2D eigenvalue weighted by molar-refractivity contribution is 0.137. The van der Waals surface area contributed by atoms with Gasteiger partial charge in [-0.1, -0.05) is 35.5 Å². The number of aliphatic hydroxyl groups is 1. The first-order valence-corrected chi connectivity index (χ1v) is 9.01. The first-order valence-electron chi connectivity index (χ1n) is 9.01. The van der Waals surface area contributed by atoms with Crippen molar-refractivity contribution in [1.29, 1.82) is 0 Å². The fourth-order valence-corrected chi connectivity index (χ4v) is 3.93. The van der Waals surface area contributed by atoms with E-state index in [9.17, 15) is 5.11 Å². The van der Waals surface area contributed by atoms with Gasteiger partial charge in [-0.15, -0.1) is 0 Å². The number of methoxy groups -OCH3 is 1. The molecule has 2 atom stereocenters. The summed E-state index contributed by atoms with van der Waals surface area (Å²) in [5.74, 6) is 1.92. The number of nitrogens with zero attached hydrogens (tertiary/aromatic N) is 2. The van der Waals surface area contributed by atoms with Crippen LogP contribution in [-0.4, -0.2) is 41.5 Å². The number of fused-ring (bicyclic) bond motifs is 1. The monoisotopic (exact) mass is 352 g/mol. The third-order valence-electron chi connectivity index (χ3n) is 5.21. The van der Waals surface area contributed by atoms with Gasteiger partial charge in [0.05, 0.1) is 18.9 Å². The Morgan fingerprint density at radius 1 is 1.19 bits per heavy atom. The maximum atomic E-state index is 10.5. The number of ether oxygens (including phenoxy) is 1. The minimum absolute atomic E-state index is 0.173. The van der Waals surface area contributed by atoms with Crippen LogP contribution in [0, 0.1) is 12.8 Å². The molecular formula is C21H24N2O3. The second-order valence-corrected chi connectivity index (χ2v) is 7.13. The van der Waals surface area contributed by atoms with Gasteiger partial charge in [0, 0.05) is 43.4 Å². The number of aryl methyl sites for hydroxylation is 1. The zero-order valence-corrected chi connectivity index (χ0v) is 15.2. The van der Waals surface area contributed by atoms with Crippen LogP contribution in [-0.2, 0) is 13.0 Å². The van der Waals surface area contributed by atoms with Crippen molar-refractivity contribution in [2.45, 2.75) is 26.0 Å². The van der Waals surface area contributed by atoms with Crippen LogP contribution in [0.15, 0.2) is 47.0 Å². The Bertz CT molecular complexity index is 905. The van der Waals surface area contributed by atoms with Crippen LogP contribution >= 0.6 is 0 Å². The highest BCUT2D eigenvalue weighted by Gasteiger charge is 2.32. The molecule has 136 valence electrons. The summed E-state index contributed by atoms with van der Waals surface area (Å²) >= 11 is 0. The highest BCUT2D eigenvalue weighted by Crippen LogP contribution is 2.30. The number of hydrogen-bond acceptors (Lipinski definition) is 5. The Morgan fingerprint density at radius 3 is 2.73 bits per heavy atom. The smallest absolute Gasteiger partial charge is 0.137 e. The van der Waals surface area contributed by atoms with Crippen molar-refractivity contribution in [3.8, 4) is 5.75 Å². The molecule has 0 radical (unpaired) electrons. The molecule has 0 bridgehead atoms. The minimum Gasteiger partial charge on any atom is -0.496 e. The molecule has 2 aromatic carbocycles. The number of aliphatic hydroxyl groups excluding tert-OH is 1. The van der Waals surface area contributed by atoms with E-state index in [-0.39, 0.29) is 12.0 Å². The quantitative estimate of drug-likeness (QED) is 0.764. The van der Waals surface area contributed by atoms with Gasteiger partial charge in [0.15, 0.2) is 0 Å². The molecule has 5 heteroatoms. The highest BCUT2D eigenvalue weighted by molar-refractivity contribution is 5.91. The van der Waals surface area contributed by atoms with Crippen molar-refractivity contribution in [3.05, 3.63) is 59.5 Å². The molecule has 1 aromatic heterocycles. The second-order valence-electron chi connectivity index (χ2n) is 7.13. The molecule has 1 aliphatic heterocycles. The topological polar surface area (TPSA) is 58.7 Å². The van der Waals surface area contributed by atoms with Crippen molar-refractivity contribution in [2.75, 3.05) is 20.2 Å². The summed E-state index contributed by atoms with van der Waals surface area (Å²) in [6.07, 6.45) is 0.381. The molecule has 26 heavy (non-hydrogen) atoms. The number of aromatic nitrogens is 1. The highest BCUT2D eigenvalue weighted by atomic mass is 16.5. The van der Waals surface area contributed by atoms with E-state index in [0.29, 0.717) is 6.54 Å². The lowest BCUT2D eigenvalue weighted by atomic mass is 10.0. The lowest BCUT2D eigenvalue weighted by Crippen LogP contribution is -2.21. The third-order valence-corrected chi connectivity index (χ3v) is 5.21. The van der Waals surface area contributed by atoms with E-state index in [1.807, 2.05) is 25.1 Å². The van der Waals surface area contributed by atoms with E-state index >= 15 is 0 Å². The van der Waals surface area contributed by atoms with Crippen molar-refractivity contribution in [1.82, 2.24) is 10.1 Å². The van der Waals surface area contributed by atoms with Gasteiger partial charge < -0.3 is 14.4 Å². The molecule has 0 amide bonds. The molecule has 0 spiro atoms. The molecule has 0 unspecified atom stereocenters. The number of benzene rings is 2. The van der Waals surface area contributed by atoms with Gasteiger partial charge in [0.2, 0.25) is 0 Å². The van der Waals surface area contributed by atoms with Crippen LogP contribution in [0.1, 0.15) is 17.0 Å². The number of likely N-dealkylation sites (tertiary alicyclic amines) is 1. The molecule has 1 fully saturated rings. The average molecular weight is 352 g/mol. The van der Waals surface area contributed by atoms with Gasteiger partial charge in [0.1, 0.15) is 11.5 Å². The Balaban J connectivity index is 1.51. The standard InChI is InChI=1S/C21H24N2O3/c1-14-9-17(26-22-14)10-16-12-23(13-20(16)24)11-15-7-8-21(25-2)19-6-4-3-5-18(15)19/h3-9,16,20,24H,10-13H2,1-2H3/t16-,20+/m1/s1. The molecular weight excluding hydrogens is 328 g/mol. The first-order chi connectivity index (χ1) is 12.6. The molecule has 3 aromatic rings. The van der Waals surface area contributed by atoms with Crippen LogP contribution in [0.3, 0.4) is 0 Å². The number of hydrogen-bond donors (Lipinski definition) is 1. The maximum absolute atomic E-state index is 10.5. The zero-order chi connectivity index (χ0) is 18.1. The van der Waals surface area contributed by atoms with E-state index < -0.39 is 0 Å². The molecule has 1 saturated heterocycles. The summed E-state index contributed by atoms with van der Waals surface area (Å²) in [5, 5.41) is 16.7. The molecule has 0 aliphatic carbocycles. The first kappa shape index (κ1) is 17.1. The van der Waals surface area contributed by atoms with Gasteiger partial charge in [-0.3, -0.25) is 4.90 Å². The van der Waals surface area contributed by atoms with Crippen LogP contribution in [0.2, 0.25) is 0 Å². The van der Waals surface area contributed by atoms with Gasteiger partial charge in [-0.05, 0) is 23.9 Å². The summed E-state index contributed by atoms with van der Waals surface area (Å²) in [5.41, 5.74) is 2.14. The Labute approximate surface area is 153 Å². The Kier molecular flexibility index (Phi) is 4.66. The summed E-state index contributed by atoms with van der Waals surface area (Å²) in [7, 11) is 1.70. The van der Waals surface area contributed by atoms with Crippen LogP contribution in [0.5, 0.6) is 5.75 Å². The normalized spacial score (nSPS) is 20.7. The summed E-state index contributed by atoms with van der Waals surface area (Å²) < 4.78 is 10.8. The van der Waals surface area contributed by atoms with Crippen molar-refractivity contribution < 1.29 is 14.4 Å². The minimum atomic E-state index is -0.343. The van der Waals surface area contributed by atoms with Crippen LogP contribution in [0.4, 0.5) is 0 Å². The van der Waals surface area contributed by atoms with Crippen LogP contribution in [0.25, 0.3) is 10.8 Å². The van der Waals surface area contributed by atoms with Crippen molar-refractivity contribution >= 4 is 10.8 Å². The Morgan fingerprint density at radius 2 is 2.00 bits per heavy atom. The van der Waals surface area contributed by atoms with E-state index in [0.717, 1.165) is 42.1 Å². The van der Waals surface area contributed by atoms with E-state index in [1.54, 1.807) is 7.11 Å². The van der Waals surface area contributed by atoms with Crippen molar-refractivity contribution in [3.63, 3.8) is 0 Å². The van der Waals surface area contributed by atoms with Gasteiger partial charge >= 0.3 is 0 Å². The van der Waals surface area contributed by atoms with Gasteiger partial charge in [-0.2, -0.15) is 0 Å². The molecule has 1 N–H and O–H groups in total. The van der Waals surface area contributed by atoms with E-state index in [2.05, 4.69) is 34.3 Å². The van der Waals surface area contributed by atoms with E-state index in [1.165, 1.54) is 10.9 Å². The summed E-state index contributed by atoms with van der Waals surface area (Å²) in [6.45, 7) is 4.26. The van der Waals surface area contributed by atoms with Gasteiger partial charge in [0.25, 0.3) is 0 Å².